The van der Waals surface area contributed by atoms with Crippen LogP contribution in [-0.4, -0.2) is 26.0 Å². The summed E-state index contributed by atoms with van der Waals surface area (Å²) in [6.45, 7) is 1.68. The SMILES string of the molecule is C[C@@H](Oc1ccccc1)C(=O)Nc1c2c(nn1-c1cccc(Cl)c1)C[S@](=O)C2. The smallest absolute Gasteiger partial charge is 0.266 e. The number of aromatic nitrogens is 2. The van der Waals surface area contributed by atoms with Gasteiger partial charge in [-0.25, -0.2) is 4.68 Å². The molecule has 1 amide bonds. The Morgan fingerprint density at radius 3 is 2.75 bits per heavy atom. The van der Waals surface area contributed by atoms with Crippen LogP contribution in [0.4, 0.5) is 5.82 Å². The Morgan fingerprint density at radius 1 is 1.21 bits per heavy atom. The summed E-state index contributed by atoms with van der Waals surface area (Å²) in [4.78, 5) is 12.8. The van der Waals surface area contributed by atoms with Crippen LogP contribution in [0.1, 0.15) is 18.2 Å². The number of carbonyl (C=O) groups is 1. The number of nitrogens with zero attached hydrogens (tertiary/aromatic N) is 2. The lowest BCUT2D eigenvalue weighted by molar-refractivity contribution is -0.122. The van der Waals surface area contributed by atoms with Crippen molar-refractivity contribution < 1.29 is 13.7 Å². The molecule has 0 spiro atoms. The van der Waals surface area contributed by atoms with E-state index in [2.05, 4.69) is 10.4 Å². The van der Waals surface area contributed by atoms with Gasteiger partial charge >= 0.3 is 0 Å². The van der Waals surface area contributed by atoms with E-state index < -0.39 is 16.9 Å². The molecule has 8 heteroatoms. The van der Waals surface area contributed by atoms with E-state index in [0.717, 1.165) is 16.9 Å². The number of nitrogens with one attached hydrogen (secondary N) is 1. The zero-order valence-electron chi connectivity index (χ0n) is 15.1. The number of para-hydroxylation sites is 1. The van der Waals surface area contributed by atoms with Crippen molar-refractivity contribution in [2.45, 2.75) is 24.5 Å². The molecule has 2 atom stereocenters. The van der Waals surface area contributed by atoms with Crippen molar-refractivity contribution >= 4 is 34.1 Å². The van der Waals surface area contributed by atoms with E-state index in [-0.39, 0.29) is 5.91 Å². The summed E-state index contributed by atoms with van der Waals surface area (Å²) in [5.41, 5.74) is 2.24. The first-order valence-corrected chi connectivity index (χ1v) is 10.6. The lowest BCUT2D eigenvalue weighted by atomic mass is 10.2. The number of ether oxygens (including phenoxy) is 1. The molecule has 0 radical (unpaired) electrons. The molecule has 4 rings (SSSR count). The highest BCUT2D eigenvalue weighted by atomic mass is 35.5. The van der Waals surface area contributed by atoms with Gasteiger partial charge in [-0.05, 0) is 37.3 Å². The number of halogens is 1. The summed E-state index contributed by atoms with van der Waals surface area (Å²) in [5, 5.41) is 8.03. The Hall–Kier alpha value is -2.64. The summed E-state index contributed by atoms with van der Waals surface area (Å²) < 4.78 is 19.3. The summed E-state index contributed by atoms with van der Waals surface area (Å²) in [6.07, 6.45) is -0.715. The first-order chi connectivity index (χ1) is 13.5. The van der Waals surface area contributed by atoms with Gasteiger partial charge in [0.25, 0.3) is 5.91 Å². The van der Waals surface area contributed by atoms with Gasteiger partial charge < -0.3 is 10.1 Å². The summed E-state index contributed by atoms with van der Waals surface area (Å²) >= 11 is 6.11. The molecule has 6 nitrogen and oxygen atoms in total. The average Bonchev–Trinajstić information content (AvgIpc) is 3.19. The van der Waals surface area contributed by atoms with Crippen LogP contribution in [0.5, 0.6) is 5.75 Å². The number of amides is 1. The third-order valence-electron chi connectivity index (χ3n) is 4.39. The molecule has 0 bridgehead atoms. The van der Waals surface area contributed by atoms with Gasteiger partial charge in [0, 0.05) is 21.4 Å². The maximum absolute atomic E-state index is 12.8. The molecular formula is C20H18ClN3O3S. The normalized spacial score (nSPS) is 16.4. The van der Waals surface area contributed by atoms with Gasteiger partial charge in [0.1, 0.15) is 11.6 Å². The number of carbonyl (C=O) groups excluding carboxylic acids is 1. The van der Waals surface area contributed by atoms with Crippen LogP contribution >= 0.6 is 11.6 Å². The Kier molecular flexibility index (Phi) is 5.19. The predicted molar refractivity (Wildman–Crippen MR) is 109 cm³/mol. The van der Waals surface area contributed by atoms with Crippen LogP contribution in [-0.2, 0) is 27.1 Å². The van der Waals surface area contributed by atoms with Gasteiger partial charge in [-0.1, -0.05) is 35.9 Å². The monoisotopic (exact) mass is 415 g/mol. The molecule has 2 heterocycles. The first kappa shape index (κ1) is 18.7. The van der Waals surface area contributed by atoms with Crippen LogP contribution < -0.4 is 10.1 Å². The molecule has 0 fully saturated rings. The van der Waals surface area contributed by atoms with Crippen molar-refractivity contribution in [3.8, 4) is 11.4 Å². The Balaban J connectivity index is 1.63. The predicted octanol–water partition coefficient (Wildman–Crippen LogP) is 3.69. The molecule has 1 N–H and O–H groups in total. The molecule has 0 saturated carbocycles. The van der Waals surface area contributed by atoms with Gasteiger partial charge in [-0.3, -0.25) is 9.00 Å². The van der Waals surface area contributed by atoms with Crippen molar-refractivity contribution in [1.29, 1.82) is 0 Å². The molecule has 3 aromatic rings. The van der Waals surface area contributed by atoms with Crippen molar-refractivity contribution in [2.75, 3.05) is 5.32 Å². The zero-order chi connectivity index (χ0) is 19.7. The quantitative estimate of drug-likeness (QED) is 0.689. The highest BCUT2D eigenvalue weighted by Gasteiger charge is 2.29. The summed E-state index contributed by atoms with van der Waals surface area (Å²) in [7, 11) is -1.01. The molecule has 2 aromatic carbocycles. The Bertz CT molecular complexity index is 1050. The van der Waals surface area contributed by atoms with Gasteiger partial charge in [0.2, 0.25) is 0 Å². The second-order valence-electron chi connectivity index (χ2n) is 6.46. The minimum absolute atomic E-state index is 0.312. The number of hydrogen-bond donors (Lipinski definition) is 1. The zero-order valence-corrected chi connectivity index (χ0v) is 16.7. The first-order valence-electron chi connectivity index (χ1n) is 8.75. The Labute approximate surface area is 169 Å². The van der Waals surface area contributed by atoms with Crippen molar-refractivity contribution in [3.63, 3.8) is 0 Å². The molecule has 1 aromatic heterocycles. The average molecular weight is 416 g/mol. The van der Waals surface area contributed by atoms with E-state index in [4.69, 9.17) is 16.3 Å². The molecule has 0 aliphatic carbocycles. The van der Waals surface area contributed by atoms with Crippen molar-refractivity contribution in [3.05, 3.63) is 70.9 Å². The third kappa shape index (κ3) is 3.81. The summed E-state index contributed by atoms with van der Waals surface area (Å²) in [6, 6.07) is 16.4. The third-order valence-corrected chi connectivity index (χ3v) is 5.83. The molecule has 0 saturated heterocycles. The van der Waals surface area contributed by atoms with E-state index in [1.165, 1.54) is 0 Å². The second kappa shape index (κ2) is 7.77. The van der Waals surface area contributed by atoms with Crippen LogP contribution in [0.2, 0.25) is 5.02 Å². The molecule has 0 unspecified atom stereocenters. The fourth-order valence-electron chi connectivity index (χ4n) is 3.03. The molecular weight excluding hydrogens is 398 g/mol. The Morgan fingerprint density at radius 2 is 2.00 bits per heavy atom. The number of rotatable bonds is 5. The maximum Gasteiger partial charge on any atom is 0.266 e. The van der Waals surface area contributed by atoms with Gasteiger partial charge in [0.05, 0.1) is 22.9 Å². The van der Waals surface area contributed by atoms with E-state index in [1.54, 1.807) is 35.9 Å². The molecule has 28 heavy (non-hydrogen) atoms. The van der Waals surface area contributed by atoms with Gasteiger partial charge in [-0.15, -0.1) is 0 Å². The topological polar surface area (TPSA) is 73.2 Å². The lowest BCUT2D eigenvalue weighted by Crippen LogP contribution is -2.31. The minimum atomic E-state index is -1.01. The fourth-order valence-corrected chi connectivity index (χ4v) is 4.47. The van der Waals surface area contributed by atoms with E-state index in [0.29, 0.717) is 28.1 Å². The van der Waals surface area contributed by atoms with E-state index in [9.17, 15) is 9.00 Å². The number of benzene rings is 2. The number of fused-ring (bicyclic) bond motifs is 1. The summed E-state index contributed by atoms with van der Waals surface area (Å²) in [5.74, 6) is 1.55. The fraction of sp³-hybridized carbons (Fsp3) is 0.200. The largest absolute Gasteiger partial charge is 0.481 e. The standard InChI is InChI=1S/C20H18ClN3O3S/c1-13(27-16-8-3-2-4-9-16)20(25)22-19-17-11-28(26)12-18(17)23-24(19)15-7-5-6-14(21)10-15/h2-10,13H,11-12H2,1H3,(H,22,25)/t13-,28-/m1/s1. The highest BCUT2D eigenvalue weighted by Crippen LogP contribution is 2.32. The highest BCUT2D eigenvalue weighted by molar-refractivity contribution is 7.83. The van der Waals surface area contributed by atoms with Crippen LogP contribution in [0.15, 0.2) is 54.6 Å². The second-order valence-corrected chi connectivity index (χ2v) is 8.35. The van der Waals surface area contributed by atoms with Crippen molar-refractivity contribution in [1.82, 2.24) is 9.78 Å². The van der Waals surface area contributed by atoms with E-state index in [1.807, 2.05) is 30.3 Å². The molecule has 1 aliphatic rings. The minimum Gasteiger partial charge on any atom is -0.481 e. The van der Waals surface area contributed by atoms with Crippen LogP contribution in [0.25, 0.3) is 5.69 Å². The molecule has 144 valence electrons. The van der Waals surface area contributed by atoms with E-state index >= 15 is 0 Å². The van der Waals surface area contributed by atoms with Gasteiger partial charge in [0.15, 0.2) is 6.10 Å². The number of anilines is 1. The van der Waals surface area contributed by atoms with Crippen molar-refractivity contribution in [2.24, 2.45) is 0 Å². The van der Waals surface area contributed by atoms with Gasteiger partial charge in [-0.2, -0.15) is 5.10 Å². The number of hydrogen-bond acceptors (Lipinski definition) is 4. The molecule has 1 aliphatic heterocycles. The van der Waals surface area contributed by atoms with Crippen LogP contribution in [0, 0.1) is 0 Å². The lowest BCUT2D eigenvalue weighted by Gasteiger charge is -2.16. The maximum atomic E-state index is 12.8. The van der Waals surface area contributed by atoms with Crippen LogP contribution in [0.3, 0.4) is 0 Å².